The van der Waals surface area contributed by atoms with Gasteiger partial charge in [0.25, 0.3) is 0 Å². The number of rotatable bonds is 5. The Kier molecular flexibility index (Phi) is 5.56. The van der Waals surface area contributed by atoms with Gasteiger partial charge in [0.2, 0.25) is 0 Å². The third kappa shape index (κ3) is 4.68. The molecule has 1 rings (SSSR count). The second-order valence-electron chi connectivity index (χ2n) is 3.58. The Balaban J connectivity index is 3.04. The molecule has 1 aromatic rings. The van der Waals surface area contributed by atoms with Crippen LogP contribution < -0.4 is 4.74 Å². The van der Waals surface area contributed by atoms with E-state index in [9.17, 15) is 9.59 Å². The molecule has 19 heavy (non-hydrogen) atoms. The zero-order chi connectivity index (χ0) is 14.6. The molecule has 102 valence electrons. The second-order valence-corrected chi connectivity index (χ2v) is 5.29. The molecule has 0 spiro atoms. The van der Waals surface area contributed by atoms with Crippen LogP contribution in [0.2, 0.25) is 0 Å². The molecule has 0 saturated heterocycles. The molecule has 0 radical (unpaired) electrons. The molecule has 1 aromatic carbocycles. The number of carboxylic acid groups (broad SMARTS) is 2. The van der Waals surface area contributed by atoms with Crippen LogP contribution in [-0.4, -0.2) is 28.3 Å². The van der Waals surface area contributed by atoms with Gasteiger partial charge in [-0.15, -0.1) is 0 Å². The maximum atomic E-state index is 10.7. The first-order valence-corrected chi connectivity index (χ1v) is 6.69. The molecule has 0 fully saturated rings. The Labute approximate surface area is 126 Å². The molecule has 0 amide bonds. The van der Waals surface area contributed by atoms with Gasteiger partial charge in [-0.25, -0.2) is 9.59 Å². The first-order valence-electron chi connectivity index (χ1n) is 5.10. The van der Waals surface area contributed by atoms with E-state index in [0.29, 0.717) is 20.3 Å². The van der Waals surface area contributed by atoms with Gasteiger partial charge in [0.15, 0.2) is 6.10 Å². The number of aliphatic carboxylic acids is 2. The summed E-state index contributed by atoms with van der Waals surface area (Å²) in [6.07, 6.45) is 1.43. The minimum atomic E-state index is -1.08. The zero-order valence-corrected chi connectivity index (χ0v) is 12.9. The highest BCUT2D eigenvalue weighted by Crippen LogP contribution is 2.35. The average Bonchev–Trinajstić information content (AvgIpc) is 2.30. The molecular weight excluding hydrogens is 384 g/mol. The maximum Gasteiger partial charge on any atom is 0.344 e. The summed E-state index contributed by atoms with van der Waals surface area (Å²) in [7, 11) is 0. The Hall–Kier alpha value is -1.34. The molecule has 0 aromatic heterocycles. The monoisotopic (exact) mass is 392 g/mol. The lowest BCUT2D eigenvalue weighted by Crippen LogP contribution is -2.23. The minimum Gasteiger partial charge on any atom is -0.479 e. The molecule has 0 bridgehead atoms. The number of carbonyl (C=O) groups is 2. The lowest BCUT2D eigenvalue weighted by molar-refractivity contribution is -0.144. The van der Waals surface area contributed by atoms with E-state index in [-0.39, 0.29) is 0 Å². The molecule has 2 N–H and O–H groups in total. The van der Waals surface area contributed by atoms with Crippen LogP contribution in [0.3, 0.4) is 0 Å². The van der Waals surface area contributed by atoms with Crippen molar-refractivity contribution in [3.63, 3.8) is 0 Å². The van der Waals surface area contributed by atoms with Gasteiger partial charge in [-0.2, -0.15) is 0 Å². The largest absolute Gasteiger partial charge is 0.479 e. The van der Waals surface area contributed by atoms with Crippen LogP contribution in [0.5, 0.6) is 5.75 Å². The van der Waals surface area contributed by atoms with E-state index in [1.807, 2.05) is 0 Å². The highest BCUT2D eigenvalue weighted by atomic mass is 79.9. The Morgan fingerprint density at radius 2 is 1.79 bits per heavy atom. The molecule has 0 aliphatic carbocycles. The summed E-state index contributed by atoms with van der Waals surface area (Å²) in [4.78, 5) is 21.2. The van der Waals surface area contributed by atoms with Gasteiger partial charge in [-0.1, -0.05) is 0 Å². The lowest BCUT2D eigenvalue weighted by atomic mass is 10.2. The molecule has 0 heterocycles. The Morgan fingerprint density at radius 1 is 1.26 bits per heavy atom. The number of hydrogen-bond acceptors (Lipinski definition) is 3. The van der Waals surface area contributed by atoms with Gasteiger partial charge >= 0.3 is 11.9 Å². The van der Waals surface area contributed by atoms with Crippen molar-refractivity contribution in [3.8, 4) is 5.75 Å². The van der Waals surface area contributed by atoms with Crippen LogP contribution in [0, 0.1) is 0 Å². The standard InChI is InChI=1S/C12H10Br2O5/c1-6(12(17)18)19-11-8(13)4-7(5-9(11)14)2-3-10(15)16/h2-6H,1H3,(H,15,16)(H,17,18)/b3-2+. The van der Waals surface area contributed by atoms with Crippen molar-refractivity contribution in [1.82, 2.24) is 0 Å². The summed E-state index contributed by atoms with van der Waals surface area (Å²) in [5.41, 5.74) is 0.636. The van der Waals surface area contributed by atoms with Gasteiger partial charge in [-0.3, -0.25) is 0 Å². The number of benzene rings is 1. The van der Waals surface area contributed by atoms with Crippen molar-refractivity contribution < 1.29 is 24.5 Å². The van der Waals surface area contributed by atoms with Crippen LogP contribution >= 0.6 is 31.9 Å². The van der Waals surface area contributed by atoms with Crippen LogP contribution in [0.25, 0.3) is 6.08 Å². The van der Waals surface area contributed by atoms with Crippen molar-refractivity contribution in [2.75, 3.05) is 0 Å². The topological polar surface area (TPSA) is 83.8 Å². The van der Waals surface area contributed by atoms with E-state index in [4.69, 9.17) is 14.9 Å². The lowest BCUT2D eigenvalue weighted by Gasteiger charge is -2.14. The number of carboxylic acids is 2. The summed E-state index contributed by atoms with van der Waals surface area (Å²) in [5.74, 6) is -1.77. The first kappa shape index (κ1) is 15.7. The van der Waals surface area contributed by atoms with Crippen LogP contribution in [0.15, 0.2) is 27.2 Å². The first-order chi connectivity index (χ1) is 8.81. The highest BCUT2D eigenvalue weighted by molar-refractivity contribution is 9.11. The van der Waals surface area contributed by atoms with Crippen molar-refractivity contribution in [2.24, 2.45) is 0 Å². The Bertz CT molecular complexity index is 516. The predicted octanol–water partition coefficient (Wildman–Crippen LogP) is 3.16. The van der Waals surface area contributed by atoms with E-state index < -0.39 is 18.0 Å². The van der Waals surface area contributed by atoms with Gasteiger partial charge in [-0.05, 0) is 62.6 Å². The molecule has 0 aliphatic heterocycles. The van der Waals surface area contributed by atoms with Gasteiger partial charge in [0, 0.05) is 6.08 Å². The van der Waals surface area contributed by atoms with E-state index in [1.54, 1.807) is 12.1 Å². The average molecular weight is 394 g/mol. The van der Waals surface area contributed by atoms with Crippen molar-refractivity contribution in [1.29, 1.82) is 0 Å². The summed E-state index contributed by atoms with van der Waals surface area (Å²) >= 11 is 6.51. The molecule has 0 aliphatic rings. The summed E-state index contributed by atoms with van der Waals surface area (Å²) in [6.45, 7) is 1.42. The minimum absolute atomic E-state index is 0.349. The molecule has 1 atom stereocenters. The van der Waals surface area contributed by atoms with Crippen LogP contribution in [0.1, 0.15) is 12.5 Å². The van der Waals surface area contributed by atoms with Crippen molar-refractivity contribution in [2.45, 2.75) is 13.0 Å². The molecular formula is C12H10Br2O5. The molecule has 7 heteroatoms. The smallest absolute Gasteiger partial charge is 0.344 e. The number of hydrogen-bond donors (Lipinski definition) is 2. The summed E-state index contributed by atoms with van der Waals surface area (Å²) in [5, 5.41) is 17.3. The van der Waals surface area contributed by atoms with E-state index >= 15 is 0 Å². The van der Waals surface area contributed by atoms with Crippen LogP contribution in [0.4, 0.5) is 0 Å². The van der Waals surface area contributed by atoms with Gasteiger partial charge in [0.1, 0.15) is 5.75 Å². The predicted molar refractivity (Wildman–Crippen MR) is 76.2 cm³/mol. The van der Waals surface area contributed by atoms with E-state index in [1.165, 1.54) is 13.0 Å². The SMILES string of the molecule is CC(Oc1c(Br)cc(/C=C/C(=O)O)cc1Br)C(=O)O. The van der Waals surface area contributed by atoms with Crippen LogP contribution in [-0.2, 0) is 9.59 Å². The number of halogens is 2. The maximum absolute atomic E-state index is 10.7. The third-order valence-electron chi connectivity index (χ3n) is 2.08. The third-order valence-corrected chi connectivity index (χ3v) is 3.26. The van der Waals surface area contributed by atoms with Gasteiger partial charge < -0.3 is 14.9 Å². The fourth-order valence-electron chi connectivity index (χ4n) is 1.18. The normalized spacial score (nSPS) is 12.4. The summed E-state index contributed by atoms with van der Waals surface area (Å²) in [6, 6.07) is 3.27. The van der Waals surface area contributed by atoms with Crippen molar-refractivity contribution >= 4 is 49.9 Å². The van der Waals surface area contributed by atoms with E-state index in [2.05, 4.69) is 31.9 Å². The molecule has 1 unspecified atom stereocenters. The molecule has 0 saturated carbocycles. The fourth-order valence-corrected chi connectivity index (χ4v) is 2.59. The Morgan fingerprint density at radius 3 is 2.21 bits per heavy atom. The van der Waals surface area contributed by atoms with E-state index in [0.717, 1.165) is 6.08 Å². The second kappa shape index (κ2) is 6.72. The zero-order valence-electron chi connectivity index (χ0n) is 9.76. The van der Waals surface area contributed by atoms with Crippen molar-refractivity contribution in [3.05, 3.63) is 32.7 Å². The highest BCUT2D eigenvalue weighted by Gasteiger charge is 2.17. The fraction of sp³-hybridized carbons (Fsp3) is 0.167. The number of ether oxygens (including phenoxy) is 1. The van der Waals surface area contributed by atoms with Gasteiger partial charge in [0.05, 0.1) is 8.95 Å². The molecule has 5 nitrogen and oxygen atoms in total. The summed E-state index contributed by atoms with van der Waals surface area (Å²) < 4.78 is 6.34. The quantitative estimate of drug-likeness (QED) is 0.750.